The first kappa shape index (κ1) is 20.5. The number of likely N-dealkylation sites (tertiary alicyclic amines) is 1. The summed E-state index contributed by atoms with van der Waals surface area (Å²) in [7, 11) is 4.06. The molecule has 1 atom stereocenters. The third kappa shape index (κ3) is 4.07. The van der Waals surface area contributed by atoms with E-state index in [0.29, 0.717) is 18.2 Å². The molecule has 0 bridgehead atoms. The Morgan fingerprint density at radius 2 is 1.88 bits per heavy atom. The Bertz CT molecular complexity index is 1170. The lowest BCUT2D eigenvalue weighted by molar-refractivity contribution is -0.131. The number of aromatic amines is 1. The summed E-state index contributed by atoms with van der Waals surface area (Å²) in [5.74, 6) is 1.62. The third-order valence-corrected chi connectivity index (χ3v) is 6.56. The summed E-state index contributed by atoms with van der Waals surface area (Å²) in [6.45, 7) is 1.58. The number of nitrogens with zero attached hydrogens (tertiary/aromatic N) is 4. The molecule has 7 heteroatoms. The number of amides is 1. The van der Waals surface area contributed by atoms with Crippen molar-refractivity contribution in [2.45, 2.75) is 25.7 Å². The van der Waals surface area contributed by atoms with Gasteiger partial charge >= 0.3 is 5.69 Å². The quantitative estimate of drug-likeness (QED) is 0.651. The number of nitrogens with one attached hydrogen (secondary N) is 1. The first-order valence-corrected chi connectivity index (χ1v) is 11.3. The lowest BCUT2D eigenvalue weighted by Gasteiger charge is -2.16. The number of benzene rings is 2. The molecule has 1 saturated carbocycles. The lowest BCUT2D eigenvalue weighted by Crippen LogP contribution is -2.30. The highest BCUT2D eigenvalue weighted by Crippen LogP contribution is 2.33. The molecule has 1 aliphatic carbocycles. The molecule has 32 heavy (non-hydrogen) atoms. The summed E-state index contributed by atoms with van der Waals surface area (Å²) in [4.78, 5) is 29.0. The van der Waals surface area contributed by atoms with Crippen LogP contribution in [0.5, 0.6) is 0 Å². The number of hydrogen-bond donors (Lipinski definition) is 1. The SMILES string of the molecule is CN(C)c1cccc(-c2ccc(-n3c(CC4CCN(C(=O)C5CC5)C4)n[nH]c3=O)cc2)c1. The highest BCUT2D eigenvalue weighted by Gasteiger charge is 2.36. The molecule has 0 spiro atoms. The lowest BCUT2D eigenvalue weighted by atomic mass is 10.0. The average molecular weight is 432 g/mol. The van der Waals surface area contributed by atoms with Crippen LogP contribution in [0.15, 0.2) is 53.3 Å². The first-order valence-electron chi connectivity index (χ1n) is 11.3. The van der Waals surface area contributed by atoms with Crippen LogP contribution in [0.3, 0.4) is 0 Å². The molecule has 2 fully saturated rings. The van der Waals surface area contributed by atoms with Crippen LogP contribution in [0.2, 0.25) is 0 Å². The van der Waals surface area contributed by atoms with E-state index in [-0.39, 0.29) is 11.6 Å². The van der Waals surface area contributed by atoms with E-state index in [4.69, 9.17) is 0 Å². The van der Waals surface area contributed by atoms with Crippen LogP contribution in [0, 0.1) is 11.8 Å². The molecule has 1 N–H and O–H groups in total. The minimum absolute atomic E-state index is 0.230. The van der Waals surface area contributed by atoms with Crippen molar-refractivity contribution in [3.8, 4) is 16.8 Å². The summed E-state index contributed by atoms with van der Waals surface area (Å²) in [5.41, 5.74) is 3.95. The van der Waals surface area contributed by atoms with E-state index in [1.165, 1.54) is 0 Å². The molecular formula is C25H29N5O2. The molecule has 0 radical (unpaired) electrons. The fourth-order valence-corrected chi connectivity index (χ4v) is 4.55. The Morgan fingerprint density at radius 3 is 2.59 bits per heavy atom. The van der Waals surface area contributed by atoms with Crippen molar-refractivity contribution >= 4 is 11.6 Å². The van der Waals surface area contributed by atoms with E-state index in [2.05, 4.69) is 39.4 Å². The van der Waals surface area contributed by atoms with E-state index in [1.54, 1.807) is 4.57 Å². The largest absolute Gasteiger partial charge is 0.378 e. The van der Waals surface area contributed by atoms with Gasteiger partial charge in [-0.1, -0.05) is 24.3 Å². The third-order valence-electron chi connectivity index (χ3n) is 6.56. The standard InChI is InChI=1S/C25H29N5O2/c1-28(2)22-5-3-4-20(15-22)18-8-10-21(11-9-18)30-23(26-27-25(30)32)14-17-12-13-29(16-17)24(31)19-6-7-19/h3-5,8-11,15,17,19H,6-7,12-14,16H2,1-2H3,(H,27,32). The number of carbonyl (C=O) groups is 1. The van der Waals surface area contributed by atoms with Gasteiger partial charge in [-0.05, 0) is 60.6 Å². The Labute approximate surface area is 187 Å². The monoisotopic (exact) mass is 431 g/mol. The van der Waals surface area contributed by atoms with Crippen molar-refractivity contribution in [2.75, 3.05) is 32.1 Å². The molecule has 2 heterocycles. The summed E-state index contributed by atoms with van der Waals surface area (Å²) in [6.07, 6.45) is 3.71. The maximum Gasteiger partial charge on any atom is 0.347 e. The van der Waals surface area contributed by atoms with Gasteiger partial charge in [-0.15, -0.1) is 0 Å². The van der Waals surface area contributed by atoms with Gasteiger partial charge in [0.05, 0.1) is 5.69 Å². The summed E-state index contributed by atoms with van der Waals surface area (Å²) in [5, 5.41) is 6.91. The smallest absolute Gasteiger partial charge is 0.347 e. The highest BCUT2D eigenvalue weighted by atomic mass is 16.2. The molecule has 7 nitrogen and oxygen atoms in total. The van der Waals surface area contributed by atoms with Gasteiger partial charge in [0.2, 0.25) is 5.91 Å². The minimum Gasteiger partial charge on any atom is -0.378 e. The van der Waals surface area contributed by atoms with Crippen molar-refractivity contribution in [1.82, 2.24) is 19.7 Å². The van der Waals surface area contributed by atoms with Crippen molar-refractivity contribution in [3.63, 3.8) is 0 Å². The van der Waals surface area contributed by atoms with Gasteiger partial charge in [0.1, 0.15) is 5.82 Å². The van der Waals surface area contributed by atoms with Gasteiger partial charge in [0, 0.05) is 45.2 Å². The molecule has 2 aliphatic rings. The van der Waals surface area contributed by atoms with Gasteiger partial charge in [-0.2, -0.15) is 5.10 Å². The van der Waals surface area contributed by atoms with Crippen molar-refractivity contribution in [1.29, 1.82) is 0 Å². The molecule has 1 aromatic heterocycles. The maximum absolute atomic E-state index is 12.5. The normalized spacial score (nSPS) is 18.2. The molecule has 1 aliphatic heterocycles. The zero-order chi connectivity index (χ0) is 22.2. The maximum atomic E-state index is 12.5. The molecular weight excluding hydrogens is 402 g/mol. The van der Waals surface area contributed by atoms with Crippen LogP contribution in [0.25, 0.3) is 16.8 Å². The fourth-order valence-electron chi connectivity index (χ4n) is 4.55. The van der Waals surface area contributed by atoms with Crippen LogP contribution in [-0.2, 0) is 11.2 Å². The molecule has 166 valence electrons. The number of hydrogen-bond acceptors (Lipinski definition) is 4. The predicted molar refractivity (Wildman–Crippen MR) is 125 cm³/mol. The number of anilines is 1. The van der Waals surface area contributed by atoms with E-state index in [9.17, 15) is 9.59 Å². The Hall–Kier alpha value is -3.35. The number of H-pyrrole nitrogens is 1. The van der Waals surface area contributed by atoms with Gasteiger partial charge < -0.3 is 9.80 Å². The molecule has 1 saturated heterocycles. The second kappa shape index (κ2) is 8.30. The second-order valence-corrected chi connectivity index (χ2v) is 9.19. The number of aromatic nitrogens is 3. The first-order chi connectivity index (χ1) is 15.5. The fraction of sp³-hybridized carbons (Fsp3) is 0.400. The number of carbonyl (C=O) groups excluding carboxylic acids is 1. The van der Waals surface area contributed by atoms with Crippen molar-refractivity contribution < 1.29 is 4.79 Å². The van der Waals surface area contributed by atoms with Crippen molar-refractivity contribution in [3.05, 3.63) is 64.8 Å². The average Bonchev–Trinajstić information content (AvgIpc) is 3.45. The Kier molecular flexibility index (Phi) is 5.33. The van der Waals surface area contributed by atoms with Gasteiger partial charge in [-0.3, -0.25) is 4.79 Å². The van der Waals surface area contributed by atoms with Crippen LogP contribution in [-0.4, -0.2) is 52.8 Å². The Morgan fingerprint density at radius 1 is 1.09 bits per heavy atom. The topological polar surface area (TPSA) is 74.2 Å². The van der Waals surface area contributed by atoms with E-state index in [0.717, 1.165) is 60.7 Å². The molecule has 1 amide bonds. The molecule has 1 unspecified atom stereocenters. The predicted octanol–water partition coefficient (Wildman–Crippen LogP) is 3.09. The van der Waals surface area contributed by atoms with Crippen LogP contribution < -0.4 is 10.6 Å². The van der Waals surface area contributed by atoms with Crippen molar-refractivity contribution in [2.24, 2.45) is 11.8 Å². The Balaban J connectivity index is 1.33. The molecule has 3 aromatic rings. The van der Waals surface area contributed by atoms with E-state index >= 15 is 0 Å². The summed E-state index contributed by atoms with van der Waals surface area (Å²) in [6, 6.07) is 16.4. The zero-order valence-electron chi connectivity index (χ0n) is 18.6. The minimum atomic E-state index is -0.230. The van der Waals surface area contributed by atoms with Crippen LogP contribution >= 0.6 is 0 Å². The van der Waals surface area contributed by atoms with Crippen LogP contribution in [0.1, 0.15) is 25.1 Å². The summed E-state index contributed by atoms with van der Waals surface area (Å²) >= 11 is 0. The van der Waals surface area contributed by atoms with E-state index in [1.807, 2.05) is 43.3 Å². The second-order valence-electron chi connectivity index (χ2n) is 9.19. The van der Waals surface area contributed by atoms with E-state index < -0.39 is 0 Å². The molecule has 2 aromatic carbocycles. The van der Waals surface area contributed by atoms with Gasteiger partial charge in [-0.25, -0.2) is 14.5 Å². The highest BCUT2D eigenvalue weighted by molar-refractivity contribution is 5.81. The van der Waals surface area contributed by atoms with Crippen LogP contribution in [0.4, 0.5) is 5.69 Å². The van der Waals surface area contributed by atoms with Gasteiger partial charge in [0.25, 0.3) is 0 Å². The summed E-state index contributed by atoms with van der Waals surface area (Å²) < 4.78 is 1.66. The van der Waals surface area contributed by atoms with Gasteiger partial charge in [0.15, 0.2) is 0 Å². The number of rotatable bonds is 6. The molecule has 5 rings (SSSR count). The zero-order valence-corrected chi connectivity index (χ0v) is 18.6.